The third kappa shape index (κ3) is 2.52. The first-order chi connectivity index (χ1) is 8.22. The summed E-state index contributed by atoms with van der Waals surface area (Å²) in [4.78, 5) is 16.5. The molecule has 5 heteroatoms. The van der Waals surface area contributed by atoms with Gasteiger partial charge in [-0.15, -0.1) is 11.3 Å². The minimum Gasteiger partial charge on any atom is -0.291 e. The van der Waals surface area contributed by atoms with Crippen molar-refractivity contribution in [2.24, 2.45) is 0 Å². The zero-order valence-corrected chi connectivity index (χ0v) is 10.2. The highest BCUT2D eigenvalue weighted by Crippen LogP contribution is 2.27. The molecule has 0 bridgehead atoms. The fraction of sp³-hybridized carbons (Fsp3) is 0.0833. The third-order valence-corrected chi connectivity index (χ3v) is 3.49. The van der Waals surface area contributed by atoms with E-state index in [1.165, 1.54) is 11.3 Å². The van der Waals surface area contributed by atoms with Crippen molar-refractivity contribution in [3.05, 3.63) is 51.4 Å². The Morgan fingerprint density at radius 2 is 2.06 bits per heavy atom. The number of Topliss-reactive ketones (excluding diaryl/α,β-unsaturated/α-hetero) is 1. The highest BCUT2D eigenvalue weighted by atomic mass is 35.5. The molecule has 0 aromatic carbocycles. The minimum absolute atomic E-state index is 0.226. The van der Waals surface area contributed by atoms with Gasteiger partial charge in [-0.3, -0.25) is 9.78 Å². The molecule has 2 aromatic heterocycles. The van der Waals surface area contributed by atoms with Crippen molar-refractivity contribution in [3.8, 4) is 6.07 Å². The number of nitriles is 1. The summed E-state index contributed by atoms with van der Waals surface area (Å²) in [5.74, 6) is -1.02. The Balaban J connectivity index is 2.32. The lowest BCUT2D eigenvalue weighted by Gasteiger charge is -2.05. The van der Waals surface area contributed by atoms with E-state index in [2.05, 4.69) is 4.98 Å². The van der Waals surface area contributed by atoms with Gasteiger partial charge in [-0.25, -0.2) is 0 Å². The van der Waals surface area contributed by atoms with Crippen molar-refractivity contribution in [1.29, 1.82) is 5.26 Å². The van der Waals surface area contributed by atoms with Crippen LogP contribution in [0.25, 0.3) is 0 Å². The summed E-state index contributed by atoms with van der Waals surface area (Å²) in [6, 6.07) is 8.64. The summed E-state index contributed by atoms with van der Waals surface area (Å²) >= 11 is 6.96. The molecule has 0 aliphatic rings. The molecule has 84 valence electrons. The predicted molar refractivity (Wildman–Crippen MR) is 66.3 cm³/mol. The van der Waals surface area contributed by atoms with Crippen molar-refractivity contribution >= 4 is 28.7 Å². The van der Waals surface area contributed by atoms with Crippen LogP contribution in [0.3, 0.4) is 0 Å². The van der Waals surface area contributed by atoms with Crippen LogP contribution < -0.4 is 0 Å². The number of hydrogen-bond acceptors (Lipinski definition) is 4. The van der Waals surface area contributed by atoms with E-state index in [-0.39, 0.29) is 5.78 Å². The maximum atomic E-state index is 12.1. The first-order valence-electron chi connectivity index (χ1n) is 4.81. The molecule has 0 amide bonds. The molecule has 1 atom stereocenters. The standard InChI is InChI=1S/C12H7ClN2OS/c13-11-2-1-10(17-11)12(16)9(7-14)8-3-5-15-6-4-8/h1-6,9H. The number of ketones is 1. The topological polar surface area (TPSA) is 53.8 Å². The third-order valence-electron chi connectivity index (χ3n) is 2.25. The molecule has 17 heavy (non-hydrogen) atoms. The number of rotatable bonds is 3. The van der Waals surface area contributed by atoms with Gasteiger partial charge in [0.2, 0.25) is 0 Å². The maximum Gasteiger partial charge on any atom is 0.194 e. The van der Waals surface area contributed by atoms with Crippen LogP contribution >= 0.6 is 22.9 Å². The van der Waals surface area contributed by atoms with E-state index in [0.29, 0.717) is 14.8 Å². The minimum atomic E-state index is -0.798. The average Bonchev–Trinajstić information content (AvgIpc) is 2.78. The number of carbonyl (C=O) groups is 1. The van der Waals surface area contributed by atoms with Crippen molar-refractivity contribution in [2.45, 2.75) is 5.92 Å². The second-order valence-electron chi connectivity index (χ2n) is 3.31. The molecule has 1 unspecified atom stereocenters. The highest BCUT2D eigenvalue weighted by molar-refractivity contribution is 7.18. The number of nitrogens with zero attached hydrogens (tertiary/aromatic N) is 2. The number of aromatic nitrogens is 1. The Bertz CT molecular complexity index is 574. The summed E-state index contributed by atoms with van der Waals surface area (Å²) in [6.45, 7) is 0. The van der Waals surface area contributed by atoms with Gasteiger partial charge in [0.25, 0.3) is 0 Å². The predicted octanol–water partition coefficient (Wildman–Crippen LogP) is 3.29. The summed E-state index contributed by atoms with van der Waals surface area (Å²) in [7, 11) is 0. The second kappa shape index (κ2) is 5.09. The van der Waals surface area contributed by atoms with E-state index in [9.17, 15) is 4.79 Å². The SMILES string of the molecule is N#CC(C(=O)c1ccc(Cl)s1)c1ccncc1. The number of halogens is 1. The molecule has 0 radical (unpaired) electrons. The van der Waals surface area contributed by atoms with Gasteiger partial charge in [0, 0.05) is 12.4 Å². The number of hydrogen-bond donors (Lipinski definition) is 0. The van der Waals surface area contributed by atoms with Gasteiger partial charge in [-0.2, -0.15) is 5.26 Å². The lowest BCUT2D eigenvalue weighted by atomic mass is 9.96. The molecule has 3 nitrogen and oxygen atoms in total. The van der Waals surface area contributed by atoms with Gasteiger partial charge in [0.15, 0.2) is 5.78 Å². The quantitative estimate of drug-likeness (QED) is 0.798. The van der Waals surface area contributed by atoms with E-state index in [0.717, 1.165) is 0 Å². The smallest absolute Gasteiger partial charge is 0.194 e. The largest absolute Gasteiger partial charge is 0.291 e. The fourth-order valence-electron chi connectivity index (χ4n) is 1.43. The summed E-state index contributed by atoms with van der Waals surface area (Å²) in [5, 5.41) is 9.10. The zero-order chi connectivity index (χ0) is 12.3. The monoisotopic (exact) mass is 262 g/mol. The van der Waals surface area contributed by atoms with E-state index in [1.54, 1.807) is 36.7 Å². The van der Waals surface area contributed by atoms with Crippen LogP contribution in [0.15, 0.2) is 36.7 Å². The van der Waals surface area contributed by atoms with Crippen LogP contribution in [0.1, 0.15) is 21.2 Å². The van der Waals surface area contributed by atoms with Gasteiger partial charge in [-0.05, 0) is 29.8 Å². The summed E-state index contributed by atoms with van der Waals surface area (Å²) in [6.07, 6.45) is 3.13. The van der Waals surface area contributed by atoms with Crippen LogP contribution in [0.5, 0.6) is 0 Å². The first kappa shape index (κ1) is 11.8. The second-order valence-corrected chi connectivity index (χ2v) is 5.03. The van der Waals surface area contributed by atoms with E-state index in [4.69, 9.17) is 16.9 Å². The van der Waals surface area contributed by atoms with Crippen LogP contribution in [-0.2, 0) is 0 Å². The van der Waals surface area contributed by atoms with Crippen LogP contribution in [-0.4, -0.2) is 10.8 Å². The maximum absolute atomic E-state index is 12.1. The van der Waals surface area contributed by atoms with Crippen molar-refractivity contribution < 1.29 is 4.79 Å². The molecule has 0 aliphatic heterocycles. The van der Waals surface area contributed by atoms with Crippen LogP contribution in [0.2, 0.25) is 4.34 Å². The normalized spacial score (nSPS) is 11.8. The number of carbonyl (C=O) groups excluding carboxylic acids is 1. The van der Waals surface area contributed by atoms with E-state index in [1.807, 2.05) is 6.07 Å². The lowest BCUT2D eigenvalue weighted by Crippen LogP contribution is -2.09. The molecular formula is C12H7ClN2OS. The van der Waals surface area contributed by atoms with Crippen LogP contribution in [0.4, 0.5) is 0 Å². The molecule has 0 saturated carbocycles. The van der Waals surface area contributed by atoms with Crippen molar-refractivity contribution in [3.63, 3.8) is 0 Å². The first-order valence-corrected chi connectivity index (χ1v) is 6.01. The molecule has 2 aromatic rings. The highest BCUT2D eigenvalue weighted by Gasteiger charge is 2.22. The number of thiophene rings is 1. The molecule has 0 aliphatic carbocycles. The number of pyridine rings is 1. The Morgan fingerprint density at radius 3 is 2.59 bits per heavy atom. The fourth-order valence-corrected chi connectivity index (χ4v) is 2.44. The van der Waals surface area contributed by atoms with Crippen molar-refractivity contribution in [1.82, 2.24) is 4.98 Å². The van der Waals surface area contributed by atoms with Gasteiger partial charge in [0.1, 0.15) is 5.92 Å². The molecule has 0 fully saturated rings. The van der Waals surface area contributed by atoms with Crippen molar-refractivity contribution in [2.75, 3.05) is 0 Å². The van der Waals surface area contributed by atoms with Gasteiger partial charge in [0.05, 0.1) is 15.3 Å². The van der Waals surface area contributed by atoms with E-state index >= 15 is 0 Å². The Morgan fingerprint density at radius 1 is 1.35 bits per heavy atom. The molecule has 2 rings (SSSR count). The zero-order valence-electron chi connectivity index (χ0n) is 8.63. The summed E-state index contributed by atoms with van der Waals surface area (Å²) < 4.78 is 0.541. The van der Waals surface area contributed by atoms with Gasteiger partial charge >= 0.3 is 0 Å². The molecule has 2 heterocycles. The average molecular weight is 263 g/mol. The van der Waals surface area contributed by atoms with Crippen LogP contribution in [0, 0.1) is 11.3 Å². The Kier molecular flexibility index (Phi) is 3.52. The lowest BCUT2D eigenvalue weighted by molar-refractivity contribution is 0.0983. The molecule has 0 spiro atoms. The Hall–Kier alpha value is -1.70. The Labute approximate surface area is 107 Å². The van der Waals surface area contributed by atoms with Gasteiger partial charge in [-0.1, -0.05) is 11.6 Å². The molecular weight excluding hydrogens is 256 g/mol. The van der Waals surface area contributed by atoms with E-state index < -0.39 is 5.92 Å². The summed E-state index contributed by atoms with van der Waals surface area (Å²) in [5.41, 5.74) is 0.650. The van der Waals surface area contributed by atoms with Gasteiger partial charge < -0.3 is 0 Å². The molecule has 0 saturated heterocycles. The molecule has 0 N–H and O–H groups in total.